The molecule has 27 heavy (non-hydrogen) atoms. The van der Waals surface area contributed by atoms with E-state index in [2.05, 4.69) is 15.7 Å². The maximum atomic E-state index is 12.0. The Kier molecular flexibility index (Phi) is 6.82. The minimum atomic E-state index is 0.0400. The molecule has 0 bridgehead atoms. The van der Waals surface area contributed by atoms with Crippen molar-refractivity contribution in [3.8, 4) is 11.5 Å². The standard InChI is InChI=1S/C21H22N2O3S/c1-25-20-12-18(13-23-21(24)5-3-17-8-11-27-15-17)2-4-19(20)26-14-16-6-9-22-10-7-16/h2,4,6-12,15H,3,5,13-14H2,1H3,(H,23,24). The topological polar surface area (TPSA) is 60.5 Å². The van der Waals surface area contributed by atoms with Crippen LogP contribution in [-0.4, -0.2) is 18.0 Å². The van der Waals surface area contributed by atoms with E-state index in [1.165, 1.54) is 5.56 Å². The molecule has 5 nitrogen and oxygen atoms in total. The van der Waals surface area contributed by atoms with Gasteiger partial charge >= 0.3 is 0 Å². The predicted octanol–water partition coefficient (Wildman–Crippen LogP) is 3.98. The number of nitrogens with zero attached hydrogens (tertiary/aromatic N) is 1. The van der Waals surface area contributed by atoms with Gasteiger partial charge in [0.05, 0.1) is 7.11 Å². The molecule has 0 aliphatic rings. The van der Waals surface area contributed by atoms with E-state index < -0.39 is 0 Å². The summed E-state index contributed by atoms with van der Waals surface area (Å²) >= 11 is 1.65. The Labute approximate surface area is 163 Å². The summed E-state index contributed by atoms with van der Waals surface area (Å²) in [6.07, 6.45) is 4.72. The first-order valence-electron chi connectivity index (χ1n) is 8.71. The molecule has 0 aliphatic carbocycles. The summed E-state index contributed by atoms with van der Waals surface area (Å²) < 4.78 is 11.3. The van der Waals surface area contributed by atoms with Crippen molar-refractivity contribution in [2.24, 2.45) is 0 Å². The molecule has 1 aromatic carbocycles. The normalized spacial score (nSPS) is 10.4. The summed E-state index contributed by atoms with van der Waals surface area (Å²) in [5.74, 6) is 1.36. The fraction of sp³-hybridized carbons (Fsp3) is 0.238. The molecular weight excluding hydrogens is 360 g/mol. The van der Waals surface area contributed by atoms with Gasteiger partial charge in [0.1, 0.15) is 6.61 Å². The predicted molar refractivity (Wildman–Crippen MR) is 106 cm³/mol. The molecule has 0 spiro atoms. The quantitative estimate of drug-likeness (QED) is 0.608. The molecule has 140 valence electrons. The molecule has 6 heteroatoms. The third-order valence-corrected chi connectivity index (χ3v) is 4.81. The zero-order chi connectivity index (χ0) is 18.9. The van der Waals surface area contributed by atoms with Crippen LogP contribution in [0.5, 0.6) is 11.5 Å². The van der Waals surface area contributed by atoms with E-state index in [1.54, 1.807) is 30.8 Å². The largest absolute Gasteiger partial charge is 0.493 e. The lowest BCUT2D eigenvalue weighted by Crippen LogP contribution is -2.22. The molecule has 0 aliphatic heterocycles. The van der Waals surface area contributed by atoms with Crippen LogP contribution in [0.15, 0.2) is 59.6 Å². The van der Waals surface area contributed by atoms with Crippen LogP contribution >= 0.6 is 11.3 Å². The maximum absolute atomic E-state index is 12.0. The lowest BCUT2D eigenvalue weighted by atomic mass is 10.1. The number of pyridine rings is 1. The minimum Gasteiger partial charge on any atom is -0.493 e. The molecule has 1 N–H and O–H groups in total. The Hall–Kier alpha value is -2.86. The number of carbonyl (C=O) groups is 1. The first-order valence-corrected chi connectivity index (χ1v) is 9.65. The van der Waals surface area contributed by atoms with Crippen LogP contribution in [0.4, 0.5) is 0 Å². The van der Waals surface area contributed by atoms with Crippen molar-refractivity contribution < 1.29 is 14.3 Å². The van der Waals surface area contributed by atoms with E-state index in [0.717, 1.165) is 17.5 Å². The average Bonchev–Trinajstić information content (AvgIpc) is 3.24. The molecule has 0 unspecified atom stereocenters. The van der Waals surface area contributed by atoms with Crippen LogP contribution in [0.3, 0.4) is 0 Å². The highest BCUT2D eigenvalue weighted by Crippen LogP contribution is 2.28. The second kappa shape index (κ2) is 9.73. The third-order valence-electron chi connectivity index (χ3n) is 4.08. The van der Waals surface area contributed by atoms with Crippen molar-refractivity contribution in [3.05, 3.63) is 76.2 Å². The fourth-order valence-electron chi connectivity index (χ4n) is 2.56. The second-order valence-corrected chi connectivity index (χ2v) is 6.82. The van der Waals surface area contributed by atoms with Gasteiger partial charge in [-0.3, -0.25) is 9.78 Å². The number of hydrogen-bond acceptors (Lipinski definition) is 5. The molecule has 3 aromatic rings. The van der Waals surface area contributed by atoms with Gasteiger partial charge in [0.25, 0.3) is 0 Å². The SMILES string of the molecule is COc1cc(CNC(=O)CCc2ccsc2)ccc1OCc1ccncc1. The molecule has 0 saturated heterocycles. The summed E-state index contributed by atoms with van der Waals surface area (Å²) in [5, 5.41) is 7.05. The fourth-order valence-corrected chi connectivity index (χ4v) is 3.27. The summed E-state index contributed by atoms with van der Waals surface area (Å²) in [6, 6.07) is 11.6. The van der Waals surface area contributed by atoms with E-state index in [0.29, 0.717) is 31.1 Å². The van der Waals surface area contributed by atoms with Gasteiger partial charge in [0.15, 0.2) is 11.5 Å². The molecule has 2 heterocycles. The monoisotopic (exact) mass is 382 g/mol. The Morgan fingerprint density at radius 3 is 2.67 bits per heavy atom. The highest BCUT2D eigenvalue weighted by atomic mass is 32.1. The Morgan fingerprint density at radius 1 is 1.07 bits per heavy atom. The van der Waals surface area contributed by atoms with Gasteiger partial charge in [-0.2, -0.15) is 11.3 Å². The molecular formula is C21H22N2O3S. The van der Waals surface area contributed by atoms with E-state index in [-0.39, 0.29) is 5.91 Å². The number of nitrogens with one attached hydrogen (secondary N) is 1. The lowest BCUT2D eigenvalue weighted by molar-refractivity contribution is -0.121. The Morgan fingerprint density at radius 2 is 1.93 bits per heavy atom. The minimum absolute atomic E-state index is 0.0400. The van der Waals surface area contributed by atoms with E-state index >= 15 is 0 Å². The van der Waals surface area contributed by atoms with E-state index in [4.69, 9.17) is 9.47 Å². The van der Waals surface area contributed by atoms with Crippen LogP contribution in [0, 0.1) is 0 Å². The van der Waals surface area contributed by atoms with Crippen LogP contribution in [0.25, 0.3) is 0 Å². The van der Waals surface area contributed by atoms with Gasteiger partial charge in [0, 0.05) is 25.4 Å². The van der Waals surface area contributed by atoms with Crippen molar-refractivity contribution in [1.82, 2.24) is 10.3 Å². The number of benzene rings is 1. The van der Waals surface area contributed by atoms with Crippen molar-refractivity contribution in [3.63, 3.8) is 0 Å². The van der Waals surface area contributed by atoms with Gasteiger partial charge < -0.3 is 14.8 Å². The number of hydrogen-bond donors (Lipinski definition) is 1. The molecule has 2 aromatic heterocycles. The molecule has 0 fully saturated rings. The summed E-state index contributed by atoms with van der Waals surface area (Å²) in [6.45, 7) is 0.904. The van der Waals surface area contributed by atoms with Crippen LogP contribution in [-0.2, 0) is 24.4 Å². The third kappa shape index (κ3) is 5.82. The highest BCUT2D eigenvalue weighted by Gasteiger charge is 2.08. The van der Waals surface area contributed by atoms with Crippen LogP contribution in [0.2, 0.25) is 0 Å². The Balaban J connectivity index is 1.51. The number of rotatable bonds is 9. The van der Waals surface area contributed by atoms with Crippen molar-refractivity contribution in [2.45, 2.75) is 26.0 Å². The second-order valence-electron chi connectivity index (χ2n) is 6.04. The number of methoxy groups -OCH3 is 1. The van der Waals surface area contributed by atoms with Gasteiger partial charge in [-0.05, 0) is 64.2 Å². The molecule has 0 saturated carbocycles. The van der Waals surface area contributed by atoms with Gasteiger partial charge in [-0.1, -0.05) is 6.07 Å². The molecule has 1 amide bonds. The number of amides is 1. The van der Waals surface area contributed by atoms with Gasteiger partial charge in [-0.25, -0.2) is 0 Å². The Bertz CT molecular complexity index is 851. The average molecular weight is 382 g/mol. The summed E-state index contributed by atoms with van der Waals surface area (Å²) in [4.78, 5) is 16.0. The number of carbonyl (C=O) groups excluding carboxylic acids is 1. The summed E-state index contributed by atoms with van der Waals surface area (Å²) in [7, 11) is 1.61. The van der Waals surface area contributed by atoms with Crippen molar-refractivity contribution in [2.75, 3.05) is 7.11 Å². The zero-order valence-electron chi connectivity index (χ0n) is 15.2. The van der Waals surface area contributed by atoms with Gasteiger partial charge in [-0.15, -0.1) is 0 Å². The van der Waals surface area contributed by atoms with E-state index in [1.807, 2.05) is 41.8 Å². The smallest absolute Gasteiger partial charge is 0.220 e. The summed E-state index contributed by atoms with van der Waals surface area (Å²) in [5.41, 5.74) is 3.20. The number of aryl methyl sites for hydroxylation is 1. The number of thiophene rings is 1. The molecule has 0 radical (unpaired) electrons. The first kappa shape index (κ1) is 18.9. The molecule has 0 atom stereocenters. The van der Waals surface area contributed by atoms with Gasteiger partial charge in [0.2, 0.25) is 5.91 Å². The zero-order valence-corrected chi connectivity index (χ0v) is 16.0. The van der Waals surface area contributed by atoms with Crippen molar-refractivity contribution in [1.29, 1.82) is 0 Å². The van der Waals surface area contributed by atoms with Crippen LogP contribution in [0.1, 0.15) is 23.1 Å². The van der Waals surface area contributed by atoms with Crippen molar-refractivity contribution >= 4 is 17.2 Å². The van der Waals surface area contributed by atoms with E-state index in [9.17, 15) is 4.79 Å². The lowest BCUT2D eigenvalue weighted by Gasteiger charge is -2.13. The number of ether oxygens (including phenoxy) is 2. The highest BCUT2D eigenvalue weighted by molar-refractivity contribution is 7.07. The molecule has 3 rings (SSSR count). The van der Waals surface area contributed by atoms with Crippen LogP contribution < -0.4 is 14.8 Å². The maximum Gasteiger partial charge on any atom is 0.220 e. The number of aromatic nitrogens is 1. The first-order chi connectivity index (χ1) is 13.2.